The van der Waals surface area contributed by atoms with E-state index in [9.17, 15) is 9.59 Å². The molecule has 192 valence electrons. The first-order valence-corrected chi connectivity index (χ1v) is 12.6. The van der Waals surface area contributed by atoms with E-state index in [2.05, 4.69) is 47.3 Å². The summed E-state index contributed by atoms with van der Waals surface area (Å²) in [7, 11) is 0. The molecule has 8 nitrogen and oxygen atoms in total. The molecule has 0 aliphatic carbocycles. The van der Waals surface area contributed by atoms with E-state index in [-0.39, 0.29) is 30.0 Å². The third kappa shape index (κ3) is 5.37. The molecule has 0 saturated carbocycles. The minimum Gasteiger partial charge on any atom is -0.444 e. The Kier molecular flexibility index (Phi) is 7.07. The molecule has 0 saturated heterocycles. The molecule has 0 unspecified atom stereocenters. The number of nitrogens with zero attached hydrogens (tertiary/aromatic N) is 4. The Morgan fingerprint density at radius 1 is 1.17 bits per heavy atom. The predicted molar refractivity (Wildman–Crippen MR) is 142 cm³/mol. The first-order chi connectivity index (χ1) is 16.9. The molecule has 2 aliphatic rings. The van der Waals surface area contributed by atoms with E-state index in [0.717, 1.165) is 28.9 Å². The maximum atomic E-state index is 12.6. The van der Waals surface area contributed by atoms with Crippen LogP contribution in [0.1, 0.15) is 70.8 Å². The van der Waals surface area contributed by atoms with Crippen LogP contribution in [0.25, 0.3) is 5.57 Å². The summed E-state index contributed by atoms with van der Waals surface area (Å²) in [6.07, 6.45) is 4.30. The van der Waals surface area contributed by atoms with Crippen LogP contribution in [0.4, 0.5) is 16.4 Å². The Morgan fingerprint density at radius 2 is 1.92 bits per heavy atom. The first kappa shape index (κ1) is 25.7. The highest BCUT2D eigenvalue weighted by atomic mass is 16.6. The van der Waals surface area contributed by atoms with E-state index >= 15 is 0 Å². The molecule has 3 atom stereocenters. The number of anilines is 2. The summed E-state index contributed by atoms with van der Waals surface area (Å²) < 4.78 is 5.53. The minimum atomic E-state index is -0.515. The third-order valence-electron chi connectivity index (χ3n) is 6.97. The van der Waals surface area contributed by atoms with E-state index in [1.54, 1.807) is 18.0 Å². The molecule has 36 heavy (non-hydrogen) atoms. The zero-order chi connectivity index (χ0) is 26.2. The summed E-state index contributed by atoms with van der Waals surface area (Å²) >= 11 is 0. The highest BCUT2D eigenvalue weighted by Gasteiger charge is 2.39. The Morgan fingerprint density at radius 3 is 2.53 bits per heavy atom. The number of hydrogen-bond donors (Lipinski definition) is 1. The molecule has 1 aromatic carbocycles. The molecule has 2 amide bonds. The molecule has 1 aromatic heterocycles. The van der Waals surface area contributed by atoms with Crippen molar-refractivity contribution in [3.8, 4) is 0 Å². The summed E-state index contributed by atoms with van der Waals surface area (Å²) in [4.78, 5) is 37.7. The smallest absolute Gasteiger partial charge is 0.410 e. The average Bonchev–Trinajstić information content (AvgIpc) is 2.81. The van der Waals surface area contributed by atoms with Crippen molar-refractivity contribution in [2.75, 3.05) is 23.3 Å². The van der Waals surface area contributed by atoms with Crippen LogP contribution in [0.2, 0.25) is 0 Å². The van der Waals surface area contributed by atoms with E-state index in [0.29, 0.717) is 19.0 Å². The maximum absolute atomic E-state index is 12.6. The second kappa shape index (κ2) is 9.91. The number of carbonyl (C=O) groups excluding carboxylic acids is 2. The third-order valence-corrected chi connectivity index (χ3v) is 6.97. The number of ether oxygens (including phenoxy) is 1. The fourth-order valence-electron chi connectivity index (χ4n) is 4.99. The normalized spacial score (nSPS) is 22.0. The van der Waals surface area contributed by atoms with Gasteiger partial charge in [-0.15, -0.1) is 0 Å². The van der Waals surface area contributed by atoms with Crippen molar-refractivity contribution >= 4 is 29.2 Å². The van der Waals surface area contributed by atoms with E-state index in [1.165, 1.54) is 5.57 Å². The van der Waals surface area contributed by atoms with Crippen LogP contribution in [-0.4, -0.2) is 51.6 Å². The Bertz CT molecular complexity index is 1190. The highest BCUT2D eigenvalue weighted by molar-refractivity contribution is 5.94. The van der Waals surface area contributed by atoms with Crippen molar-refractivity contribution in [3.63, 3.8) is 0 Å². The largest absolute Gasteiger partial charge is 0.444 e. The average molecular weight is 492 g/mol. The molecule has 8 heteroatoms. The number of fused-ring (bicyclic) bond motifs is 1. The van der Waals surface area contributed by atoms with E-state index < -0.39 is 5.60 Å². The summed E-state index contributed by atoms with van der Waals surface area (Å²) in [5.41, 5.74) is 4.62. The van der Waals surface area contributed by atoms with Gasteiger partial charge >= 0.3 is 6.09 Å². The number of benzene rings is 1. The van der Waals surface area contributed by atoms with Gasteiger partial charge in [0.25, 0.3) is 0 Å². The van der Waals surface area contributed by atoms with Crippen molar-refractivity contribution < 1.29 is 14.3 Å². The second-order valence-corrected chi connectivity index (χ2v) is 10.8. The Balaban J connectivity index is 1.66. The van der Waals surface area contributed by atoms with Crippen LogP contribution in [0.5, 0.6) is 0 Å². The van der Waals surface area contributed by atoms with Gasteiger partial charge < -0.3 is 19.9 Å². The number of hydrogen-bond acceptors (Lipinski definition) is 6. The molecule has 1 N–H and O–H groups in total. The van der Waals surface area contributed by atoms with Gasteiger partial charge in [0.15, 0.2) is 0 Å². The Labute approximate surface area is 213 Å². The monoisotopic (exact) mass is 491 g/mol. The molecule has 4 rings (SSSR count). The molecule has 0 radical (unpaired) electrons. The number of aromatic nitrogens is 2. The van der Waals surface area contributed by atoms with Crippen LogP contribution in [0.15, 0.2) is 36.5 Å². The van der Waals surface area contributed by atoms with Crippen molar-refractivity contribution in [2.45, 2.75) is 72.6 Å². The van der Waals surface area contributed by atoms with Crippen LogP contribution < -0.4 is 10.2 Å². The standard InChI is InChI=1S/C28H37N5O3/c1-17-10-13-29-26(30-17)31-25-18(2)19(3)33(20(4)34)24-9-8-22(16-23(24)25)21-11-14-32(15-12-21)27(35)36-28(5,6)7/h8-11,13,16,18-19,25H,12,14-15H2,1-7H3,(H,29,30,31)/t18-,19-,25+/m0/s1. The van der Waals surface area contributed by atoms with Crippen molar-refractivity contribution in [1.29, 1.82) is 0 Å². The van der Waals surface area contributed by atoms with E-state index in [4.69, 9.17) is 4.74 Å². The van der Waals surface area contributed by atoms with Gasteiger partial charge in [-0.3, -0.25) is 4.79 Å². The lowest BCUT2D eigenvalue weighted by Crippen LogP contribution is -2.48. The lowest BCUT2D eigenvalue weighted by atomic mass is 9.81. The zero-order valence-electron chi connectivity index (χ0n) is 22.3. The second-order valence-electron chi connectivity index (χ2n) is 10.8. The van der Waals surface area contributed by atoms with Gasteiger partial charge in [-0.05, 0) is 75.9 Å². The molecular formula is C28H37N5O3. The summed E-state index contributed by atoms with van der Waals surface area (Å²) in [5.74, 6) is 0.735. The molecule has 3 heterocycles. The van der Waals surface area contributed by atoms with Gasteiger partial charge in [-0.25, -0.2) is 14.8 Å². The zero-order valence-corrected chi connectivity index (χ0v) is 22.3. The number of carbonyl (C=O) groups is 2. The van der Waals surface area contributed by atoms with Crippen molar-refractivity contribution in [3.05, 3.63) is 53.4 Å². The van der Waals surface area contributed by atoms with Gasteiger partial charge in [0.2, 0.25) is 11.9 Å². The number of nitrogens with one attached hydrogen (secondary N) is 1. The molecule has 0 fully saturated rings. The highest BCUT2D eigenvalue weighted by Crippen LogP contribution is 2.43. The minimum absolute atomic E-state index is 0.0134. The van der Waals surface area contributed by atoms with Gasteiger partial charge in [-0.2, -0.15) is 0 Å². The molecule has 2 aromatic rings. The quantitative estimate of drug-likeness (QED) is 0.622. The number of rotatable bonds is 3. The number of amides is 2. The van der Waals surface area contributed by atoms with Gasteiger partial charge in [-0.1, -0.05) is 19.1 Å². The first-order valence-electron chi connectivity index (χ1n) is 12.6. The topological polar surface area (TPSA) is 87.7 Å². The number of aryl methyl sites for hydroxylation is 1. The summed E-state index contributed by atoms with van der Waals surface area (Å²) in [6.45, 7) is 14.5. The molecule has 0 bridgehead atoms. The fraction of sp³-hybridized carbons (Fsp3) is 0.500. The predicted octanol–water partition coefficient (Wildman–Crippen LogP) is 5.35. The Hall–Kier alpha value is -3.42. The maximum Gasteiger partial charge on any atom is 0.410 e. The fourth-order valence-corrected chi connectivity index (χ4v) is 4.99. The lowest BCUT2D eigenvalue weighted by molar-refractivity contribution is -0.117. The van der Waals surface area contributed by atoms with Crippen LogP contribution >= 0.6 is 0 Å². The van der Waals surface area contributed by atoms with Crippen LogP contribution in [0, 0.1) is 12.8 Å². The van der Waals surface area contributed by atoms with Gasteiger partial charge in [0.05, 0.1) is 6.04 Å². The van der Waals surface area contributed by atoms with Crippen molar-refractivity contribution in [1.82, 2.24) is 14.9 Å². The van der Waals surface area contributed by atoms with E-state index in [1.807, 2.05) is 44.7 Å². The molecule has 0 spiro atoms. The lowest BCUT2D eigenvalue weighted by Gasteiger charge is -2.44. The SMILES string of the molecule is CC(=O)N1c2ccc(C3=CCN(C(=O)OC(C)(C)C)CC3)cc2[C@H](Nc2nccc(C)n2)[C@@H](C)[C@@H]1C. The van der Waals surface area contributed by atoms with Crippen LogP contribution in [-0.2, 0) is 9.53 Å². The molecular weight excluding hydrogens is 454 g/mol. The van der Waals surface area contributed by atoms with Crippen molar-refractivity contribution in [2.24, 2.45) is 5.92 Å². The van der Waals surface area contributed by atoms with Gasteiger partial charge in [0, 0.05) is 49.6 Å². The van der Waals surface area contributed by atoms with Gasteiger partial charge in [0.1, 0.15) is 5.60 Å². The summed E-state index contributed by atoms with van der Waals surface area (Å²) in [5, 5.41) is 3.54. The summed E-state index contributed by atoms with van der Waals surface area (Å²) in [6, 6.07) is 8.12. The molecule has 2 aliphatic heterocycles. The van der Waals surface area contributed by atoms with Crippen LogP contribution in [0.3, 0.4) is 0 Å².